The van der Waals surface area contributed by atoms with Gasteiger partial charge in [-0.05, 0) is 89.7 Å². The standard InChI is InChI=1S/C21H22INO3/c22-18-7-6-16(21(26,20(24)25)15-4-2-1-3-5-15)13-17(18)19-12-14-8-10-23(19)11-9-14/h1-7,13-14,19,26H,8-12H2,(H,24,25)/p-1. The van der Waals surface area contributed by atoms with E-state index in [1.54, 1.807) is 36.4 Å². The van der Waals surface area contributed by atoms with Gasteiger partial charge in [-0.25, -0.2) is 0 Å². The fourth-order valence-electron chi connectivity index (χ4n) is 4.39. The topological polar surface area (TPSA) is 63.6 Å². The fraction of sp³-hybridized carbons (Fsp3) is 0.381. The molecule has 3 aliphatic rings. The molecule has 0 spiro atoms. The first-order chi connectivity index (χ1) is 12.5. The maximum Gasteiger partial charge on any atom is 0.154 e. The zero-order valence-electron chi connectivity index (χ0n) is 14.4. The molecule has 0 aromatic heterocycles. The third-order valence-electron chi connectivity index (χ3n) is 5.91. The number of hydrogen-bond donors (Lipinski definition) is 1. The van der Waals surface area contributed by atoms with Gasteiger partial charge in [0.2, 0.25) is 0 Å². The molecule has 0 radical (unpaired) electrons. The van der Waals surface area contributed by atoms with E-state index in [4.69, 9.17) is 0 Å². The van der Waals surface area contributed by atoms with Gasteiger partial charge < -0.3 is 15.0 Å². The van der Waals surface area contributed by atoms with E-state index in [1.165, 1.54) is 12.8 Å². The summed E-state index contributed by atoms with van der Waals surface area (Å²) in [5.41, 5.74) is -0.355. The van der Waals surface area contributed by atoms with Gasteiger partial charge in [0.05, 0.1) is 5.97 Å². The quantitative estimate of drug-likeness (QED) is 0.710. The molecule has 5 rings (SSSR count). The molecule has 3 aliphatic heterocycles. The summed E-state index contributed by atoms with van der Waals surface area (Å²) >= 11 is 2.31. The van der Waals surface area contributed by atoms with Crippen molar-refractivity contribution in [3.05, 3.63) is 68.8 Å². The highest BCUT2D eigenvalue weighted by Crippen LogP contribution is 2.43. The van der Waals surface area contributed by atoms with Crippen molar-refractivity contribution in [3.8, 4) is 0 Å². The molecule has 0 aliphatic carbocycles. The average molecular weight is 462 g/mol. The van der Waals surface area contributed by atoms with Gasteiger partial charge in [-0.1, -0.05) is 36.4 Å². The largest absolute Gasteiger partial charge is 0.546 e. The van der Waals surface area contributed by atoms with Gasteiger partial charge in [-0.3, -0.25) is 4.90 Å². The van der Waals surface area contributed by atoms with E-state index in [0.29, 0.717) is 17.2 Å². The normalized spacial score (nSPS) is 27.1. The lowest BCUT2D eigenvalue weighted by Crippen LogP contribution is -2.47. The highest BCUT2D eigenvalue weighted by Gasteiger charge is 2.38. The Labute approximate surface area is 167 Å². The van der Waals surface area contributed by atoms with Gasteiger partial charge in [0, 0.05) is 9.61 Å². The molecule has 4 nitrogen and oxygen atoms in total. The first-order valence-electron chi connectivity index (χ1n) is 9.03. The van der Waals surface area contributed by atoms with Gasteiger partial charge in [0.25, 0.3) is 0 Å². The smallest absolute Gasteiger partial charge is 0.154 e. The zero-order chi connectivity index (χ0) is 18.3. The van der Waals surface area contributed by atoms with Crippen LogP contribution < -0.4 is 5.11 Å². The molecule has 3 fully saturated rings. The van der Waals surface area contributed by atoms with Crippen LogP contribution in [0.3, 0.4) is 0 Å². The summed E-state index contributed by atoms with van der Waals surface area (Å²) in [4.78, 5) is 14.4. The Morgan fingerprint density at radius 2 is 1.81 bits per heavy atom. The van der Waals surface area contributed by atoms with Crippen LogP contribution in [0.25, 0.3) is 0 Å². The molecule has 2 aromatic carbocycles. The van der Waals surface area contributed by atoms with Crippen LogP contribution in [0.2, 0.25) is 0 Å². The molecule has 2 aromatic rings. The number of carbonyl (C=O) groups excluding carboxylic acids is 1. The van der Waals surface area contributed by atoms with Gasteiger partial charge in [-0.15, -0.1) is 0 Å². The number of hydrogen-bond acceptors (Lipinski definition) is 4. The number of fused-ring (bicyclic) bond motifs is 3. The second-order valence-electron chi connectivity index (χ2n) is 7.33. The van der Waals surface area contributed by atoms with E-state index < -0.39 is 11.6 Å². The lowest BCUT2D eigenvalue weighted by atomic mass is 9.79. The van der Waals surface area contributed by atoms with Crippen LogP contribution in [0, 0.1) is 9.49 Å². The Morgan fingerprint density at radius 3 is 2.38 bits per heavy atom. The second kappa shape index (κ2) is 6.94. The average Bonchev–Trinajstić information content (AvgIpc) is 2.69. The van der Waals surface area contributed by atoms with Crippen LogP contribution in [0.1, 0.15) is 42.0 Å². The van der Waals surface area contributed by atoms with Crippen LogP contribution in [0.5, 0.6) is 0 Å². The number of nitrogens with zero attached hydrogens (tertiary/aromatic N) is 1. The van der Waals surface area contributed by atoms with Crippen molar-refractivity contribution in [3.63, 3.8) is 0 Å². The lowest BCUT2D eigenvalue weighted by Gasteiger charge is -2.46. The molecule has 3 heterocycles. The summed E-state index contributed by atoms with van der Waals surface area (Å²) in [6.07, 6.45) is 3.61. The summed E-state index contributed by atoms with van der Waals surface area (Å²) < 4.78 is 1.11. The molecule has 1 N–H and O–H groups in total. The molecule has 136 valence electrons. The molecule has 2 unspecified atom stereocenters. The van der Waals surface area contributed by atoms with Crippen molar-refractivity contribution in [2.45, 2.75) is 30.9 Å². The van der Waals surface area contributed by atoms with E-state index in [1.807, 2.05) is 12.1 Å². The first kappa shape index (κ1) is 17.9. The van der Waals surface area contributed by atoms with Crippen LogP contribution in [-0.4, -0.2) is 29.1 Å². The molecule has 5 heteroatoms. The van der Waals surface area contributed by atoms with E-state index in [0.717, 1.165) is 34.6 Å². The molecule has 0 saturated carbocycles. The van der Waals surface area contributed by atoms with E-state index in [-0.39, 0.29) is 0 Å². The predicted molar refractivity (Wildman–Crippen MR) is 105 cm³/mol. The fourth-order valence-corrected chi connectivity index (χ4v) is 5.09. The number of rotatable bonds is 4. The first-order valence-corrected chi connectivity index (χ1v) is 10.1. The Hall–Kier alpha value is -1.44. The summed E-state index contributed by atoms with van der Waals surface area (Å²) in [7, 11) is 0. The number of aliphatic carboxylic acids is 1. The van der Waals surface area contributed by atoms with Crippen molar-refractivity contribution in [1.82, 2.24) is 4.90 Å². The Kier molecular flexibility index (Phi) is 4.79. The summed E-state index contributed by atoms with van der Waals surface area (Å²) in [6.45, 7) is 2.19. The molecule has 2 atom stereocenters. The van der Waals surface area contributed by atoms with Gasteiger partial charge in [-0.2, -0.15) is 0 Å². The molecule has 2 bridgehead atoms. The minimum absolute atomic E-state index is 0.302. The highest BCUT2D eigenvalue weighted by atomic mass is 127. The maximum atomic E-state index is 11.9. The van der Waals surface area contributed by atoms with Crippen LogP contribution in [-0.2, 0) is 10.4 Å². The van der Waals surface area contributed by atoms with Crippen molar-refractivity contribution in [2.75, 3.05) is 13.1 Å². The lowest BCUT2D eigenvalue weighted by molar-refractivity contribution is -0.322. The summed E-state index contributed by atoms with van der Waals surface area (Å²) in [6, 6.07) is 14.3. The van der Waals surface area contributed by atoms with Crippen LogP contribution >= 0.6 is 22.6 Å². The summed E-state index contributed by atoms with van der Waals surface area (Å²) in [5, 5.41) is 23.0. The highest BCUT2D eigenvalue weighted by molar-refractivity contribution is 14.1. The SMILES string of the molecule is O=C([O-])C(O)(c1ccccc1)c1ccc(I)c(C2CC3CCN2CC3)c1. The Balaban J connectivity index is 1.79. The zero-order valence-corrected chi connectivity index (χ0v) is 16.6. The maximum absolute atomic E-state index is 11.9. The number of benzene rings is 2. The van der Waals surface area contributed by atoms with Crippen molar-refractivity contribution < 1.29 is 15.0 Å². The molecule has 26 heavy (non-hydrogen) atoms. The minimum Gasteiger partial charge on any atom is -0.546 e. The number of piperidine rings is 3. The van der Waals surface area contributed by atoms with Crippen molar-refractivity contribution in [2.24, 2.45) is 5.92 Å². The van der Waals surface area contributed by atoms with Crippen molar-refractivity contribution in [1.29, 1.82) is 0 Å². The molecular weight excluding hydrogens is 441 g/mol. The van der Waals surface area contributed by atoms with E-state index in [2.05, 4.69) is 27.5 Å². The number of carboxylic acids is 1. The number of halogens is 1. The Bertz CT molecular complexity index is 817. The number of aliphatic hydroxyl groups is 1. The van der Waals surface area contributed by atoms with Crippen LogP contribution in [0.15, 0.2) is 48.5 Å². The minimum atomic E-state index is -2.15. The monoisotopic (exact) mass is 462 g/mol. The second-order valence-corrected chi connectivity index (χ2v) is 8.49. The van der Waals surface area contributed by atoms with Gasteiger partial charge in [0.15, 0.2) is 5.60 Å². The molecule has 3 saturated heterocycles. The van der Waals surface area contributed by atoms with Crippen LogP contribution in [0.4, 0.5) is 0 Å². The Morgan fingerprint density at radius 1 is 1.12 bits per heavy atom. The summed E-state index contributed by atoms with van der Waals surface area (Å²) in [5.74, 6) is -0.750. The third kappa shape index (κ3) is 2.96. The number of carbonyl (C=O) groups is 1. The van der Waals surface area contributed by atoms with Gasteiger partial charge in [0.1, 0.15) is 0 Å². The predicted octanol–water partition coefficient (Wildman–Crippen LogP) is 2.43. The van der Waals surface area contributed by atoms with E-state index >= 15 is 0 Å². The number of carboxylic acid groups (broad SMARTS) is 1. The molecule has 0 amide bonds. The van der Waals surface area contributed by atoms with Crippen molar-refractivity contribution >= 4 is 28.6 Å². The molecular formula is C21H21INO3-. The van der Waals surface area contributed by atoms with Gasteiger partial charge >= 0.3 is 0 Å². The third-order valence-corrected chi connectivity index (χ3v) is 6.89. The van der Waals surface area contributed by atoms with E-state index in [9.17, 15) is 15.0 Å².